The van der Waals surface area contributed by atoms with Crippen molar-refractivity contribution in [1.29, 1.82) is 0 Å². The van der Waals surface area contributed by atoms with Gasteiger partial charge in [-0.05, 0) is 31.9 Å². The molecule has 1 saturated carbocycles. The van der Waals surface area contributed by atoms with Crippen LogP contribution >= 0.6 is 0 Å². The summed E-state index contributed by atoms with van der Waals surface area (Å²) in [4.78, 5) is 13.8. The number of carbonyl (C=O) groups excluding carboxylic acids is 1. The summed E-state index contributed by atoms with van der Waals surface area (Å²) in [6, 6.07) is 9.94. The molecule has 1 atom stereocenters. The lowest BCUT2D eigenvalue weighted by Crippen LogP contribution is -2.30. The number of rotatable bonds is 3. The van der Waals surface area contributed by atoms with Crippen LogP contribution in [-0.2, 0) is 4.79 Å². The monoisotopic (exact) mass is 243 g/mol. The minimum atomic E-state index is -0.00880. The molecule has 0 radical (unpaired) electrons. The Labute approximate surface area is 106 Å². The number of nitrogens with zero attached hydrogens (tertiary/aromatic N) is 1. The Balaban J connectivity index is 1.86. The second-order valence-electron chi connectivity index (χ2n) is 5.09. The fourth-order valence-corrected chi connectivity index (χ4v) is 2.21. The van der Waals surface area contributed by atoms with Crippen molar-refractivity contribution >= 4 is 16.9 Å². The molecular formula is C15H17NO2. The molecule has 0 bridgehead atoms. The molecule has 94 valence electrons. The molecule has 1 fully saturated rings. The SMILES string of the molecule is CC(c1cc2ccccc2o1)N(C)C(=O)C1CC1. The van der Waals surface area contributed by atoms with E-state index in [4.69, 9.17) is 4.42 Å². The zero-order valence-electron chi connectivity index (χ0n) is 10.7. The Morgan fingerprint density at radius 1 is 1.39 bits per heavy atom. The Hall–Kier alpha value is -1.77. The summed E-state index contributed by atoms with van der Waals surface area (Å²) in [5.74, 6) is 1.34. The third-order valence-electron chi connectivity index (χ3n) is 3.71. The van der Waals surface area contributed by atoms with Crippen molar-refractivity contribution in [2.75, 3.05) is 7.05 Å². The summed E-state index contributed by atoms with van der Waals surface area (Å²) in [6.07, 6.45) is 2.08. The first-order chi connectivity index (χ1) is 8.66. The molecule has 1 unspecified atom stereocenters. The van der Waals surface area contributed by atoms with E-state index in [-0.39, 0.29) is 17.9 Å². The Bertz CT molecular complexity index is 550. The Kier molecular flexibility index (Phi) is 2.62. The van der Waals surface area contributed by atoms with Crippen LogP contribution in [0.3, 0.4) is 0 Å². The minimum absolute atomic E-state index is 0.00880. The lowest BCUT2D eigenvalue weighted by molar-refractivity contribution is -0.133. The Morgan fingerprint density at radius 3 is 2.78 bits per heavy atom. The fourth-order valence-electron chi connectivity index (χ4n) is 2.21. The molecule has 0 saturated heterocycles. The van der Waals surface area contributed by atoms with E-state index >= 15 is 0 Å². The van der Waals surface area contributed by atoms with Gasteiger partial charge in [0.2, 0.25) is 5.91 Å². The van der Waals surface area contributed by atoms with Gasteiger partial charge in [0.15, 0.2) is 0 Å². The molecule has 3 heteroatoms. The number of hydrogen-bond donors (Lipinski definition) is 0. The van der Waals surface area contributed by atoms with Crippen molar-refractivity contribution in [1.82, 2.24) is 4.90 Å². The third-order valence-corrected chi connectivity index (χ3v) is 3.71. The number of para-hydroxylation sites is 1. The van der Waals surface area contributed by atoms with Gasteiger partial charge in [0.25, 0.3) is 0 Å². The molecule has 1 aromatic heterocycles. The second kappa shape index (κ2) is 4.16. The number of amides is 1. The van der Waals surface area contributed by atoms with Gasteiger partial charge < -0.3 is 9.32 Å². The maximum atomic E-state index is 12.0. The second-order valence-corrected chi connectivity index (χ2v) is 5.09. The normalized spacial score (nSPS) is 16.8. The molecule has 3 rings (SSSR count). The molecule has 1 aromatic carbocycles. The molecule has 1 aliphatic rings. The van der Waals surface area contributed by atoms with E-state index in [0.717, 1.165) is 29.6 Å². The van der Waals surface area contributed by atoms with Crippen LogP contribution in [0, 0.1) is 5.92 Å². The van der Waals surface area contributed by atoms with Gasteiger partial charge in [0, 0.05) is 18.4 Å². The number of benzene rings is 1. The van der Waals surface area contributed by atoms with E-state index < -0.39 is 0 Å². The largest absolute Gasteiger partial charge is 0.459 e. The maximum absolute atomic E-state index is 12.0. The van der Waals surface area contributed by atoms with Crippen LogP contribution in [0.1, 0.15) is 31.6 Å². The lowest BCUT2D eigenvalue weighted by atomic mass is 10.2. The Morgan fingerprint density at radius 2 is 2.11 bits per heavy atom. The van der Waals surface area contributed by atoms with Crippen LogP contribution in [0.4, 0.5) is 0 Å². The zero-order valence-corrected chi connectivity index (χ0v) is 10.7. The van der Waals surface area contributed by atoms with Crippen molar-refractivity contribution in [3.8, 4) is 0 Å². The van der Waals surface area contributed by atoms with Crippen LogP contribution < -0.4 is 0 Å². The van der Waals surface area contributed by atoms with Crippen LogP contribution in [-0.4, -0.2) is 17.9 Å². The van der Waals surface area contributed by atoms with Crippen LogP contribution in [0.25, 0.3) is 11.0 Å². The van der Waals surface area contributed by atoms with Gasteiger partial charge >= 0.3 is 0 Å². The summed E-state index contributed by atoms with van der Waals surface area (Å²) in [6.45, 7) is 2.01. The number of hydrogen-bond acceptors (Lipinski definition) is 2. The molecule has 0 N–H and O–H groups in total. The first-order valence-corrected chi connectivity index (χ1v) is 6.42. The summed E-state index contributed by atoms with van der Waals surface area (Å²) in [7, 11) is 1.86. The average molecular weight is 243 g/mol. The molecule has 3 nitrogen and oxygen atoms in total. The van der Waals surface area contributed by atoms with Crippen molar-refractivity contribution in [2.45, 2.75) is 25.8 Å². The highest BCUT2D eigenvalue weighted by atomic mass is 16.3. The van der Waals surface area contributed by atoms with Gasteiger partial charge in [0.1, 0.15) is 11.3 Å². The predicted octanol–water partition coefficient (Wildman–Crippen LogP) is 3.36. The highest BCUT2D eigenvalue weighted by molar-refractivity contribution is 5.82. The number of fused-ring (bicyclic) bond motifs is 1. The summed E-state index contributed by atoms with van der Waals surface area (Å²) < 4.78 is 5.81. The van der Waals surface area contributed by atoms with Crippen molar-refractivity contribution in [3.63, 3.8) is 0 Å². The molecule has 1 aliphatic carbocycles. The molecular weight excluding hydrogens is 226 g/mol. The molecule has 2 aromatic rings. The van der Waals surface area contributed by atoms with Gasteiger partial charge in [0.05, 0.1) is 6.04 Å². The summed E-state index contributed by atoms with van der Waals surface area (Å²) in [5.41, 5.74) is 0.881. The van der Waals surface area contributed by atoms with Crippen LogP contribution in [0.15, 0.2) is 34.7 Å². The van der Waals surface area contributed by atoms with Crippen molar-refractivity contribution in [2.24, 2.45) is 5.92 Å². The highest BCUT2D eigenvalue weighted by Gasteiger charge is 2.34. The van der Waals surface area contributed by atoms with Gasteiger partial charge in [-0.25, -0.2) is 0 Å². The first kappa shape index (κ1) is 11.3. The first-order valence-electron chi connectivity index (χ1n) is 6.42. The van der Waals surface area contributed by atoms with Crippen molar-refractivity contribution < 1.29 is 9.21 Å². The van der Waals surface area contributed by atoms with Gasteiger partial charge in [-0.15, -0.1) is 0 Å². The number of carbonyl (C=O) groups is 1. The fraction of sp³-hybridized carbons (Fsp3) is 0.400. The highest BCUT2D eigenvalue weighted by Crippen LogP contribution is 2.34. The van der Waals surface area contributed by atoms with E-state index in [0.29, 0.717) is 0 Å². The predicted molar refractivity (Wildman–Crippen MR) is 70.1 cm³/mol. The van der Waals surface area contributed by atoms with Crippen LogP contribution in [0.5, 0.6) is 0 Å². The smallest absolute Gasteiger partial charge is 0.226 e. The zero-order chi connectivity index (χ0) is 12.7. The average Bonchev–Trinajstić information content (AvgIpc) is 3.14. The summed E-state index contributed by atoms with van der Waals surface area (Å²) in [5, 5.41) is 1.09. The quantitative estimate of drug-likeness (QED) is 0.828. The van der Waals surface area contributed by atoms with Gasteiger partial charge in [-0.1, -0.05) is 18.2 Å². The number of furan rings is 1. The van der Waals surface area contributed by atoms with Crippen molar-refractivity contribution in [3.05, 3.63) is 36.1 Å². The van der Waals surface area contributed by atoms with E-state index in [2.05, 4.69) is 0 Å². The minimum Gasteiger partial charge on any atom is -0.459 e. The third kappa shape index (κ3) is 1.90. The molecule has 0 spiro atoms. The molecule has 1 amide bonds. The molecule has 0 aliphatic heterocycles. The summed E-state index contributed by atoms with van der Waals surface area (Å²) >= 11 is 0. The van der Waals surface area contributed by atoms with E-state index in [9.17, 15) is 4.79 Å². The van der Waals surface area contributed by atoms with Gasteiger partial charge in [-0.2, -0.15) is 0 Å². The molecule has 1 heterocycles. The van der Waals surface area contributed by atoms with E-state index in [1.165, 1.54) is 0 Å². The standard InChI is InChI=1S/C15H17NO2/c1-10(16(2)15(17)11-7-8-11)14-9-12-5-3-4-6-13(12)18-14/h3-6,9-11H,7-8H2,1-2H3. The van der Waals surface area contributed by atoms with Crippen LogP contribution in [0.2, 0.25) is 0 Å². The molecule has 18 heavy (non-hydrogen) atoms. The van der Waals surface area contributed by atoms with E-state index in [1.807, 2.05) is 44.3 Å². The van der Waals surface area contributed by atoms with E-state index in [1.54, 1.807) is 4.90 Å². The maximum Gasteiger partial charge on any atom is 0.226 e. The van der Waals surface area contributed by atoms with Gasteiger partial charge in [-0.3, -0.25) is 4.79 Å². The topological polar surface area (TPSA) is 33.5 Å². The lowest BCUT2D eigenvalue weighted by Gasteiger charge is -2.23.